The van der Waals surface area contributed by atoms with Crippen LogP contribution in [0.4, 0.5) is 0 Å². The molecular weight excluding hydrogens is 130 g/mol. The molecule has 0 bridgehead atoms. The Morgan fingerprint density at radius 1 is 1.50 bits per heavy atom. The van der Waals surface area contributed by atoms with Gasteiger partial charge in [-0.2, -0.15) is 0 Å². The van der Waals surface area contributed by atoms with Gasteiger partial charge in [0.1, 0.15) is 12.5 Å². The Balaban J connectivity index is 3.92. The molecular formula is C7H13NO2. The van der Waals surface area contributed by atoms with Gasteiger partial charge >= 0.3 is 0 Å². The first-order valence-electron chi connectivity index (χ1n) is 3.45. The van der Waals surface area contributed by atoms with Gasteiger partial charge in [0, 0.05) is 0 Å². The summed E-state index contributed by atoms with van der Waals surface area (Å²) in [5.74, 6) is 1.60. The number of hydrogen-bond acceptors (Lipinski definition) is 2. The summed E-state index contributed by atoms with van der Waals surface area (Å²) in [4.78, 5) is 9.75. The molecule has 0 aliphatic carbocycles. The predicted octanol–water partition coefficient (Wildman–Crippen LogP) is 0.729. The lowest BCUT2D eigenvalue weighted by Crippen LogP contribution is -2.41. The molecule has 0 radical (unpaired) electrons. The summed E-state index contributed by atoms with van der Waals surface area (Å²) in [7, 11) is 0. The molecule has 0 amide bonds. The highest BCUT2D eigenvalue weighted by Gasteiger charge is 2.07. The first kappa shape index (κ1) is 9.37. The highest BCUT2D eigenvalue weighted by molar-refractivity contribution is 5.44. The number of rotatable bonds is 4. The van der Waals surface area contributed by atoms with Gasteiger partial charge in [-0.15, -0.1) is 0 Å². The van der Waals surface area contributed by atoms with Crippen molar-refractivity contribution in [3.8, 4) is 0 Å². The summed E-state index contributed by atoms with van der Waals surface area (Å²) in [5, 5.41) is 11.3. The van der Waals surface area contributed by atoms with Crippen molar-refractivity contribution in [2.45, 2.75) is 13.8 Å². The highest BCUT2D eigenvalue weighted by atomic mass is 16.5. The van der Waals surface area contributed by atoms with Gasteiger partial charge in [0.2, 0.25) is 0 Å². The fourth-order valence-corrected chi connectivity index (χ4v) is 0.685. The van der Waals surface area contributed by atoms with Gasteiger partial charge in [-0.1, -0.05) is 0 Å². The van der Waals surface area contributed by atoms with E-state index in [2.05, 4.69) is 0 Å². The zero-order chi connectivity index (χ0) is 8.04. The van der Waals surface area contributed by atoms with Crippen molar-refractivity contribution in [2.75, 3.05) is 19.6 Å². The molecule has 0 unspecified atom stereocenters. The van der Waals surface area contributed by atoms with Crippen LogP contribution in [0, 0.1) is 5.21 Å². The van der Waals surface area contributed by atoms with Crippen molar-refractivity contribution in [3.05, 3.63) is 11.3 Å². The maximum Gasteiger partial charge on any atom is 0.125 e. The lowest BCUT2D eigenvalue weighted by Gasteiger charge is -2.39. The fraction of sp³-hybridized carbons (Fsp3) is 0.714. The van der Waals surface area contributed by atoms with E-state index in [9.17, 15) is 10.0 Å². The number of hydroxylamine groups is 3. The van der Waals surface area contributed by atoms with Gasteiger partial charge in [-0.3, -0.25) is 0 Å². The van der Waals surface area contributed by atoms with Crippen molar-refractivity contribution in [3.63, 3.8) is 0 Å². The standard InChI is InChI=1S/C7H13NO2/c1-3-8(10,4-2)6-5-7-9/h5H,3-4,6H2,1-2H3. The minimum atomic E-state index is -0.324. The Hall–Kier alpha value is -0.630. The molecule has 0 aromatic carbocycles. The summed E-state index contributed by atoms with van der Waals surface area (Å²) < 4.78 is -0.324. The molecule has 0 spiro atoms. The molecule has 0 saturated carbocycles. The second-order valence-corrected chi connectivity index (χ2v) is 2.20. The van der Waals surface area contributed by atoms with Gasteiger partial charge in [-0.25, -0.2) is 4.79 Å². The largest absolute Gasteiger partial charge is 0.633 e. The summed E-state index contributed by atoms with van der Waals surface area (Å²) in [6, 6.07) is 0. The van der Waals surface area contributed by atoms with Crippen LogP contribution in [-0.2, 0) is 4.79 Å². The second kappa shape index (κ2) is 4.23. The average Bonchev–Trinajstić information content (AvgIpc) is 2.00. The zero-order valence-corrected chi connectivity index (χ0v) is 6.46. The fourth-order valence-electron chi connectivity index (χ4n) is 0.685. The van der Waals surface area contributed by atoms with E-state index in [0.29, 0.717) is 13.1 Å². The molecule has 0 aliphatic rings. The van der Waals surface area contributed by atoms with Crippen molar-refractivity contribution in [1.82, 2.24) is 0 Å². The van der Waals surface area contributed by atoms with Gasteiger partial charge in [0.05, 0.1) is 19.2 Å². The third kappa shape index (κ3) is 2.78. The van der Waals surface area contributed by atoms with Crippen LogP contribution in [0.3, 0.4) is 0 Å². The minimum absolute atomic E-state index is 0.247. The van der Waals surface area contributed by atoms with E-state index in [0.717, 1.165) is 0 Å². The van der Waals surface area contributed by atoms with E-state index < -0.39 is 0 Å². The minimum Gasteiger partial charge on any atom is -0.633 e. The molecule has 0 aromatic rings. The van der Waals surface area contributed by atoms with Crippen LogP contribution >= 0.6 is 0 Å². The number of likely N-dealkylation sites (N-methyl/N-ethyl adjacent to an activating group) is 1. The molecule has 0 heterocycles. The second-order valence-electron chi connectivity index (χ2n) is 2.20. The van der Waals surface area contributed by atoms with E-state index in [1.54, 1.807) is 5.94 Å². The van der Waals surface area contributed by atoms with Gasteiger partial charge < -0.3 is 9.85 Å². The Labute approximate surface area is 61.1 Å². The molecule has 0 fully saturated rings. The smallest absolute Gasteiger partial charge is 0.125 e. The molecule has 0 aliphatic heterocycles. The summed E-state index contributed by atoms with van der Waals surface area (Å²) >= 11 is 0. The lowest BCUT2D eigenvalue weighted by molar-refractivity contribution is -0.871. The summed E-state index contributed by atoms with van der Waals surface area (Å²) in [6.07, 6.45) is 1.25. The third-order valence-electron chi connectivity index (χ3n) is 1.66. The molecule has 10 heavy (non-hydrogen) atoms. The first-order valence-corrected chi connectivity index (χ1v) is 3.45. The van der Waals surface area contributed by atoms with Gasteiger partial charge in [-0.05, 0) is 13.8 Å². The monoisotopic (exact) mass is 143 g/mol. The van der Waals surface area contributed by atoms with E-state index >= 15 is 0 Å². The SMILES string of the molecule is CC[N+]([O-])(CC)CC=C=O. The van der Waals surface area contributed by atoms with Crippen LogP contribution in [0.1, 0.15) is 13.8 Å². The van der Waals surface area contributed by atoms with E-state index in [4.69, 9.17) is 0 Å². The van der Waals surface area contributed by atoms with Gasteiger partial charge in [0.25, 0.3) is 0 Å². The van der Waals surface area contributed by atoms with Crippen molar-refractivity contribution in [1.29, 1.82) is 0 Å². The van der Waals surface area contributed by atoms with Crippen LogP contribution in [0.15, 0.2) is 6.08 Å². The number of quaternary nitrogens is 1. The Morgan fingerprint density at radius 3 is 2.30 bits per heavy atom. The summed E-state index contributed by atoms with van der Waals surface area (Å²) in [6.45, 7) is 4.89. The van der Waals surface area contributed by atoms with E-state index in [1.807, 2.05) is 13.8 Å². The Kier molecular flexibility index (Phi) is 3.96. The van der Waals surface area contributed by atoms with Crippen LogP contribution in [-0.4, -0.2) is 30.2 Å². The van der Waals surface area contributed by atoms with Crippen molar-refractivity contribution in [2.24, 2.45) is 0 Å². The Bertz CT molecular complexity index is 135. The normalized spacial score (nSPS) is 10.7. The number of nitrogens with zero attached hydrogens (tertiary/aromatic N) is 1. The summed E-state index contributed by atoms with van der Waals surface area (Å²) in [5.41, 5.74) is 0. The maximum atomic E-state index is 11.3. The average molecular weight is 143 g/mol. The molecule has 0 rings (SSSR count). The van der Waals surface area contributed by atoms with Crippen LogP contribution in [0.5, 0.6) is 0 Å². The van der Waals surface area contributed by atoms with Crippen LogP contribution in [0.2, 0.25) is 0 Å². The predicted molar refractivity (Wildman–Crippen MR) is 39.8 cm³/mol. The van der Waals surface area contributed by atoms with E-state index in [-0.39, 0.29) is 11.2 Å². The molecule has 0 atom stereocenters. The van der Waals surface area contributed by atoms with E-state index in [1.165, 1.54) is 6.08 Å². The molecule has 0 aromatic heterocycles. The van der Waals surface area contributed by atoms with Crippen LogP contribution in [0.25, 0.3) is 0 Å². The Morgan fingerprint density at radius 2 is 2.00 bits per heavy atom. The quantitative estimate of drug-likeness (QED) is 0.330. The molecule has 0 N–H and O–H groups in total. The lowest BCUT2D eigenvalue weighted by atomic mass is 10.4. The molecule has 3 nitrogen and oxygen atoms in total. The molecule has 58 valence electrons. The van der Waals surface area contributed by atoms with Crippen molar-refractivity contribution >= 4 is 5.94 Å². The molecule has 0 saturated heterocycles. The number of hydrogen-bond donors (Lipinski definition) is 0. The van der Waals surface area contributed by atoms with Crippen LogP contribution < -0.4 is 0 Å². The first-order chi connectivity index (χ1) is 4.68. The zero-order valence-electron chi connectivity index (χ0n) is 6.46. The van der Waals surface area contributed by atoms with Crippen molar-refractivity contribution < 1.29 is 9.44 Å². The molecule has 3 heteroatoms. The maximum absolute atomic E-state index is 11.3. The van der Waals surface area contributed by atoms with Gasteiger partial charge in [0.15, 0.2) is 0 Å². The third-order valence-corrected chi connectivity index (χ3v) is 1.66. The highest BCUT2D eigenvalue weighted by Crippen LogP contribution is 2.01. The topological polar surface area (TPSA) is 40.1 Å². The number of carbonyl (C=O) groups excluding carboxylic acids is 1.